The Morgan fingerprint density at radius 1 is 1.58 bits per heavy atom. The van der Waals surface area contributed by atoms with E-state index in [1.165, 1.54) is 6.42 Å². The van der Waals surface area contributed by atoms with Crippen LogP contribution in [-0.2, 0) is 11.3 Å². The molecule has 1 atom stereocenters. The average Bonchev–Trinajstić information content (AvgIpc) is 2.46. The zero-order valence-corrected chi connectivity index (χ0v) is 11.4. The van der Waals surface area contributed by atoms with Crippen molar-refractivity contribution in [2.75, 3.05) is 26.7 Å². The van der Waals surface area contributed by atoms with Gasteiger partial charge in [-0.2, -0.15) is 0 Å². The maximum Gasteiger partial charge on any atom is 0.234 e. The number of hydrogen-bond acceptors (Lipinski definition) is 4. The van der Waals surface area contributed by atoms with Crippen molar-refractivity contribution >= 4 is 5.91 Å². The van der Waals surface area contributed by atoms with Crippen LogP contribution in [0.15, 0.2) is 24.5 Å². The number of piperidine rings is 1. The van der Waals surface area contributed by atoms with E-state index < -0.39 is 0 Å². The molecule has 1 saturated heterocycles. The number of rotatable bonds is 5. The minimum atomic E-state index is 0.0839. The third-order valence-electron chi connectivity index (χ3n) is 3.49. The largest absolute Gasteiger partial charge is 0.351 e. The number of aromatic nitrogens is 1. The number of carbonyl (C=O) groups excluding carboxylic acids is 1. The normalized spacial score (nSPS) is 20.2. The van der Waals surface area contributed by atoms with Crippen LogP contribution in [0.4, 0.5) is 0 Å². The van der Waals surface area contributed by atoms with Gasteiger partial charge in [0.2, 0.25) is 5.91 Å². The second kappa shape index (κ2) is 7.21. The van der Waals surface area contributed by atoms with Gasteiger partial charge in [-0.05, 0) is 38.1 Å². The number of nitrogens with one attached hydrogen (secondary N) is 2. The molecule has 104 valence electrons. The predicted octanol–water partition coefficient (Wildman–Crippen LogP) is 0.382. The molecule has 0 radical (unpaired) electrons. The topological polar surface area (TPSA) is 57.3 Å². The maximum atomic E-state index is 11.9. The lowest BCUT2D eigenvalue weighted by atomic mass is 10.1. The fourth-order valence-electron chi connectivity index (χ4n) is 2.40. The summed E-state index contributed by atoms with van der Waals surface area (Å²) in [5, 5.41) is 6.22. The zero-order chi connectivity index (χ0) is 13.5. The number of nitrogens with zero attached hydrogens (tertiary/aromatic N) is 2. The smallest absolute Gasteiger partial charge is 0.234 e. The highest BCUT2D eigenvalue weighted by Gasteiger charge is 2.19. The molecule has 1 amide bonds. The van der Waals surface area contributed by atoms with Crippen molar-refractivity contribution in [3.05, 3.63) is 30.1 Å². The van der Waals surface area contributed by atoms with Gasteiger partial charge in [0.15, 0.2) is 0 Å². The van der Waals surface area contributed by atoms with E-state index in [1.807, 2.05) is 19.2 Å². The molecule has 1 aliphatic heterocycles. The first-order chi connectivity index (χ1) is 9.28. The Kier molecular flexibility index (Phi) is 5.30. The van der Waals surface area contributed by atoms with E-state index in [2.05, 4.69) is 20.5 Å². The summed E-state index contributed by atoms with van der Waals surface area (Å²) in [6.07, 6.45) is 5.86. The monoisotopic (exact) mass is 262 g/mol. The van der Waals surface area contributed by atoms with Crippen molar-refractivity contribution in [3.63, 3.8) is 0 Å². The van der Waals surface area contributed by atoms with Crippen LogP contribution in [0, 0.1) is 0 Å². The highest BCUT2D eigenvalue weighted by Crippen LogP contribution is 2.08. The first-order valence-corrected chi connectivity index (χ1v) is 6.83. The zero-order valence-electron chi connectivity index (χ0n) is 11.4. The summed E-state index contributed by atoms with van der Waals surface area (Å²) in [7, 11) is 1.98. The number of likely N-dealkylation sites (N-methyl/N-ethyl adjacent to an activating group) is 1. The summed E-state index contributed by atoms with van der Waals surface area (Å²) in [4.78, 5) is 18.1. The molecule has 1 aliphatic rings. The molecule has 0 spiro atoms. The molecule has 1 fully saturated rings. The number of hydrogen-bond donors (Lipinski definition) is 2. The Morgan fingerprint density at radius 3 is 3.21 bits per heavy atom. The first-order valence-electron chi connectivity index (χ1n) is 6.83. The average molecular weight is 262 g/mol. The van der Waals surface area contributed by atoms with Crippen LogP contribution in [0.3, 0.4) is 0 Å². The molecule has 2 N–H and O–H groups in total. The molecule has 1 unspecified atom stereocenters. The highest BCUT2D eigenvalue weighted by atomic mass is 16.2. The molecule has 5 heteroatoms. The Morgan fingerprint density at radius 2 is 2.47 bits per heavy atom. The van der Waals surface area contributed by atoms with Crippen molar-refractivity contribution in [1.82, 2.24) is 20.5 Å². The van der Waals surface area contributed by atoms with Gasteiger partial charge >= 0.3 is 0 Å². The first kappa shape index (κ1) is 14.0. The van der Waals surface area contributed by atoms with E-state index in [4.69, 9.17) is 0 Å². The van der Waals surface area contributed by atoms with Gasteiger partial charge in [0.25, 0.3) is 0 Å². The van der Waals surface area contributed by atoms with Gasteiger partial charge in [-0.1, -0.05) is 6.07 Å². The molecule has 2 heterocycles. The Hall–Kier alpha value is -1.46. The third kappa shape index (κ3) is 4.61. The van der Waals surface area contributed by atoms with Crippen molar-refractivity contribution < 1.29 is 4.79 Å². The molecule has 0 aliphatic carbocycles. The van der Waals surface area contributed by atoms with Crippen LogP contribution in [0.1, 0.15) is 18.4 Å². The molecular weight excluding hydrogens is 240 g/mol. The number of pyridine rings is 1. The molecule has 1 aromatic rings. The molecule has 2 rings (SSSR count). The van der Waals surface area contributed by atoms with E-state index in [9.17, 15) is 4.79 Å². The van der Waals surface area contributed by atoms with Crippen molar-refractivity contribution in [2.45, 2.75) is 25.4 Å². The molecule has 0 aromatic carbocycles. The fraction of sp³-hybridized carbons (Fsp3) is 0.571. The standard InChI is InChI=1S/C14H22N4O/c1-15-13-5-3-7-18(10-13)11-14(19)17-9-12-4-2-6-16-8-12/h2,4,6,8,13,15H,3,5,7,9-11H2,1H3,(H,17,19). The van der Waals surface area contributed by atoms with Crippen LogP contribution in [0.5, 0.6) is 0 Å². The molecular formula is C14H22N4O. The van der Waals surface area contributed by atoms with Gasteiger partial charge < -0.3 is 10.6 Å². The maximum absolute atomic E-state index is 11.9. The van der Waals surface area contributed by atoms with Crippen molar-refractivity contribution in [2.24, 2.45) is 0 Å². The summed E-state index contributed by atoms with van der Waals surface area (Å²) >= 11 is 0. The Balaban J connectivity index is 1.72. The summed E-state index contributed by atoms with van der Waals surface area (Å²) < 4.78 is 0. The van der Waals surface area contributed by atoms with E-state index in [0.717, 1.165) is 25.1 Å². The summed E-state index contributed by atoms with van der Waals surface area (Å²) in [6, 6.07) is 4.36. The van der Waals surface area contributed by atoms with Gasteiger partial charge in [-0.15, -0.1) is 0 Å². The van der Waals surface area contributed by atoms with Gasteiger partial charge in [0.05, 0.1) is 6.54 Å². The number of amides is 1. The second-order valence-electron chi connectivity index (χ2n) is 5.00. The Bertz CT molecular complexity index is 396. The lowest BCUT2D eigenvalue weighted by molar-refractivity contribution is -0.122. The van der Waals surface area contributed by atoms with E-state index in [0.29, 0.717) is 19.1 Å². The summed E-state index contributed by atoms with van der Waals surface area (Å²) in [6.45, 7) is 3.00. The third-order valence-corrected chi connectivity index (χ3v) is 3.49. The minimum absolute atomic E-state index is 0.0839. The van der Waals surface area contributed by atoms with Gasteiger partial charge in [-0.3, -0.25) is 14.7 Å². The molecule has 0 bridgehead atoms. The van der Waals surface area contributed by atoms with Crippen LogP contribution >= 0.6 is 0 Å². The van der Waals surface area contributed by atoms with E-state index in [-0.39, 0.29) is 5.91 Å². The lowest BCUT2D eigenvalue weighted by Crippen LogP contribution is -2.47. The van der Waals surface area contributed by atoms with Crippen LogP contribution < -0.4 is 10.6 Å². The lowest BCUT2D eigenvalue weighted by Gasteiger charge is -2.31. The van der Waals surface area contributed by atoms with Gasteiger partial charge in [0, 0.05) is 31.5 Å². The van der Waals surface area contributed by atoms with Crippen molar-refractivity contribution in [1.29, 1.82) is 0 Å². The van der Waals surface area contributed by atoms with E-state index >= 15 is 0 Å². The van der Waals surface area contributed by atoms with E-state index in [1.54, 1.807) is 12.4 Å². The molecule has 1 aromatic heterocycles. The Labute approximate surface area is 114 Å². The molecule has 5 nitrogen and oxygen atoms in total. The second-order valence-corrected chi connectivity index (χ2v) is 5.00. The summed E-state index contributed by atoms with van der Waals surface area (Å²) in [5.41, 5.74) is 1.03. The van der Waals surface area contributed by atoms with Crippen LogP contribution in [-0.4, -0.2) is 48.5 Å². The summed E-state index contributed by atoms with van der Waals surface area (Å²) in [5.74, 6) is 0.0839. The quantitative estimate of drug-likeness (QED) is 0.805. The minimum Gasteiger partial charge on any atom is -0.351 e. The van der Waals surface area contributed by atoms with Crippen LogP contribution in [0.2, 0.25) is 0 Å². The fourth-order valence-corrected chi connectivity index (χ4v) is 2.40. The van der Waals surface area contributed by atoms with Crippen LogP contribution in [0.25, 0.3) is 0 Å². The SMILES string of the molecule is CNC1CCCN(CC(=O)NCc2cccnc2)C1. The molecule has 0 saturated carbocycles. The van der Waals surface area contributed by atoms with Gasteiger partial charge in [-0.25, -0.2) is 0 Å². The van der Waals surface area contributed by atoms with Gasteiger partial charge in [0.1, 0.15) is 0 Å². The number of likely N-dealkylation sites (tertiary alicyclic amines) is 1. The highest BCUT2D eigenvalue weighted by molar-refractivity contribution is 5.78. The number of carbonyl (C=O) groups is 1. The predicted molar refractivity (Wildman–Crippen MR) is 74.6 cm³/mol. The molecule has 19 heavy (non-hydrogen) atoms. The van der Waals surface area contributed by atoms with Crippen molar-refractivity contribution in [3.8, 4) is 0 Å².